The fourth-order valence-corrected chi connectivity index (χ4v) is 1.11. The Morgan fingerprint density at radius 1 is 1.33 bits per heavy atom. The van der Waals surface area contributed by atoms with Gasteiger partial charge in [0, 0.05) is 7.11 Å². The number of benzene rings is 1. The Labute approximate surface area is 70.4 Å². The lowest BCUT2D eigenvalue weighted by atomic mass is 10.3. The van der Waals surface area contributed by atoms with E-state index in [1.807, 2.05) is 0 Å². The molecule has 0 saturated heterocycles. The van der Waals surface area contributed by atoms with Crippen molar-refractivity contribution in [2.24, 2.45) is 0 Å². The molecule has 0 aliphatic heterocycles. The lowest BCUT2D eigenvalue weighted by Gasteiger charge is -2.09. The Kier molecular flexibility index (Phi) is 2.87. The van der Waals surface area contributed by atoms with Crippen LogP contribution in [0.4, 0.5) is 0 Å². The van der Waals surface area contributed by atoms with E-state index in [9.17, 15) is 4.57 Å². The first-order valence-electron chi connectivity index (χ1n) is 3.27. The molecule has 0 bridgehead atoms. The largest absolute Gasteiger partial charge is 0.527 e. The molecule has 66 valence electrons. The minimum absolute atomic E-state index is 0.310. The molecule has 0 fully saturated rings. The number of phosphoric acid groups is 1. The maximum atomic E-state index is 10.9. The molecule has 4 nitrogen and oxygen atoms in total. The predicted octanol–water partition coefficient (Wildman–Crippen LogP) is 1.81. The van der Waals surface area contributed by atoms with Crippen molar-refractivity contribution < 1.29 is 18.5 Å². The molecule has 5 heteroatoms. The van der Waals surface area contributed by atoms with Gasteiger partial charge in [0.05, 0.1) is 0 Å². The topological polar surface area (TPSA) is 55.8 Å². The molecule has 0 radical (unpaired) electrons. The molecule has 0 amide bonds. The molecule has 0 aromatic heterocycles. The Balaban J connectivity index is 2.71. The summed E-state index contributed by atoms with van der Waals surface area (Å²) in [6.07, 6.45) is 0. The zero-order valence-electron chi connectivity index (χ0n) is 6.51. The summed E-state index contributed by atoms with van der Waals surface area (Å²) in [4.78, 5) is 8.89. The first kappa shape index (κ1) is 9.26. The molecule has 1 N–H and O–H groups in total. The first-order chi connectivity index (χ1) is 5.64. The molecular formula is C7H9O4P. The predicted molar refractivity (Wildman–Crippen MR) is 43.9 cm³/mol. The quantitative estimate of drug-likeness (QED) is 0.735. The first-order valence-corrected chi connectivity index (χ1v) is 4.77. The van der Waals surface area contributed by atoms with Crippen molar-refractivity contribution in [1.82, 2.24) is 0 Å². The Bertz CT molecular complexity index is 285. The second-order valence-corrected chi connectivity index (χ2v) is 3.54. The summed E-state index contributed by atoms with van der Waals surface area (Å²) >= 11 is 0. The van der Waals surface area contributed by atoms with Crippen LogP contribution in [-0.2, 0) is 9.09 Å². The van der Waals surface area contributed by atoms with E-state index in [1.54, 1.807) is 30.3 Å². The second-order valence-electron chi connectivity index (χ2n) is 2.06. The molecule has 1 aromatic carbocycles. The van der Waals surface area contributed by atoms with Gasteiger partial charge in [-0.25, -0.2) is 4.57 Å². The Morgan fingerprint density at radius 2 is 1.92 bits per heavy atom. The fourth-order valence-electron chi connectivity index (χ4n) is 0.652. The second kappa shape index (κ2) is 3.72. The van der Waals surface area contributed by atoms with E-state index in [4.69, 9.17) is 4.89 Å². The summed E-state index contributed by atoms with van der Waals surface area (Å²) in [6.45, 7) is 0. The molecule has 0 spiro atoms. The SMILES string of the molecule is COP(=O)(O)Oc1ccccc1. The van der Waals surface area contributed by atoms with Gasteiger partial charge in [0.1, 0.15) is 5.75 Å². The molecule has 1 unspecified atom stereocenters. The van der Waals surface area contributed by atoms with Crippen LogP contribution in [-0.4, -0.2) is 12.0 Å². The van der Waals surface area contributed by atoms with Gasteiger partial charge in [0.25, 0.3) is 0 Å². The van der Waals surface area contributed by atoms with E-state index in [-0.39, 0.29) is 0 Å². The van der Waals surface area contributed by atoms with Crippen molar-refractivity contribution in [3.63, 3.8) is 0 Å². The van der Waals surface area contributed by atoms with Gasteiger partial charge < -0.3 is 4.52 Å². The van der Waals surface area contributed by atoms with Crippen LogP contribution < -0.4 is 4.52 Å². The molecule has 0 aliphatic carbocycles. The highest BCUT2D eigenvalue weighted by molar-refractivity contribution is 7.47. The standard InChI is InChI=1S/C7H9O4P/c1-10-12(8,9)11-7-5-3-2-4-6-7/h2-6H,1H3,(H,8,9). The fraction of sp³-hybridized carbons (Fsp3) is 0.143. The highest BCUT2D eigenvalue weighted by atomic mass is 31.2. The normalized spacial score (nSPS) is 15.2. The molecule has 12 heavy (non-hydrogen) atoms. The van der Waals surface area contributed by atoms with Gasteiger partial charge in [-0.1, -0.05) is 18.2 Å². The van der Waals surface area contributed by atoms with Crippen LogP contribution >= 0.6 is 7.82 Å². The van der Waals surface area contributed by atoms with Gasteiger partial charge in [-0.2, -0.15) is 0 Å². The molecular weight excluding hydrogens is 179 g/mol. The average Bonchev–Trinajstić information content (AvgIpc) is 2.06. The molecule has 1 aromatic rings. The third kappa shape index (κ3) is 2.66. The third-order valence-electron chi connectivity index (χ3n) is 1.19. The lowest BCUT2D eigenvalue weighted by molar-refractivity contribution is 0.243. The van der Waals surface area contributed by atoms with Crippen LogP contribution in [0.1, 0.15) is 0 Å². The summed E-state index contributed by atoms with van der Waals surface area (Å²) in [7, 11) is -2.78. The molecule has 0 saturated carbocycles. The Hall–Kier alpha value is -0.830. The number of para-hydroxylation sites is 1. The number of phosphoric ester groups is 1. The van der Waals surface area contributed by atoms with Gasteiger partial charge in [0.15, 0.2) is 0 Å². The van der Waals surface area contributed by atoms with E-state index in [0.29, 0.717) is 5.75 Å². The summed E-state index contributed by atoms with van der Waals surface area (Å²) in [5.74, 6) is 0.310. The van der Waals surface area contributed by atoms with Crippen molar-refractivity contribution in [2.45, 2.75) is 0 Å². The van der Waals surface area contributed by atoms with Crippen molar-refractivity contribution >= 4 is 7.82 Å². The molecule has 1 rings (SSSR count). The van der Waals surface area contributed by atoms with E-state index in [0.717, 1.165) is 7.11 Å². The van der Waals surface area contributed by atoms with Crippen molar-refractivity contribution in [2.75, 3.05) is 7.11 Å². The molecule has 1 atom stereocenters. The monoisotopic (exact) mass is 188 g/mol. The van der Waals surface area contributed by atoms with Crippen LogP contribution in [0.15, 0.2) is 30.3 Å². The van der Waals surface area contributed by atoms with Crippen LogP contribution in [0, 0.1) is 0 Å². The van der Waals surface area contributed by atoms with E-state index >= 15 is 0 Å². The maximum Gasteiger partial charge on any atom is 0.527 e. The van der Waals surface area contributed by atoms with E-state index in [2.05, 4.69) is 9.05 Å². The van der Waals surface area contributed by atoms with E-state index < -0.39 is 7.82 Å². The van der Waals surface area contributed by atoms with Crippen LogP contribution in [0.3, 0.4) is 0 Å². The van der Waals surface area contributed by atoms with Crippen molar-refractivity contribution in [1.29, 1.82) is 0 Å². The van der Waals surface area contributed by atoms with Crippen molar-refractivity contribution in [3.8, 4) is 5.75 Å². The molecule has 0 heterocycles. The van der Waals surface area contributed by atoms with Gasteiger partial charge in [0.2, 0.25) is 0 Å². The summed E-state index contributed by atoms with van der Waals surface area (Å²) in [5.41, 5.74) is 0. The summed E-state index contributed by atoms with van der Waals surface area (Å²) < 4.78 is 19.7. The highest BCUT2D eigenvalue weighted by Crippen LogP contribution is 2.42. The summed E-state index contributed by atoms with van der Waals surface area (Å²) in [5, 5.41) is 0. The number of hydrogen-bond donors (Lipinski definition) is 1. The number of rotatable bonds is 3. The Morgan fingerprint density at radius 3 is 2.42 bits per heavy atom. The smallest absolute Gasteiger partial charge is 0.404 e. The van der Waals surface area contributed by atoms with Gasteiger partial charge in [-0.3, -0.25) is 9.42 Å². The van der Waals surface area contributed by atoms with Gasteiger partial charge >= 0.3 is 7.82 Å². The van der Waals surface area contributed by atoms with E-state index in [1.165, 1.54) is 0 Å². The van der Waals surface area contributed by atoms with Crippen LogP contribution in [0.5, 0.6) is 5.75 Å². The third-order valence-corrected chi connectivity index (χ3v) is 2.10. The van der Waals surface area contributed by atoms with Gasteiger partial charge in [-0.15, -0.1) is 0 Å². The zero-order valence-corrected chi connectivity index (χ0v) is 7.40. The number of hydrogen-bond acceptors (Lipinski definition) is 3. The van der Waals surface area contributed by atoms with Gasteiger partial charge in [-0.05, 0) is 12.1 Å². The maximum absolute atomic E-state index is 10.9. The highest BCUT2D eigenvalue weighted by Gasteiger charge is 2.19. The van der Waals surface area contributed by atoms with Crippen LogP contribution in [0.25, 0.3) is 0 Å². The summed E-state index contributed by atoms with van der Waals surface area (Å²) in [6, 6.07) is 8.32. The van der Waals surface area contributed by atoms with Crippen molar-refractivity contribution in [3.05, 3.63) is 30.3 Å². The molecule has 0 aliphatic rings. The average molecular weight is 188 g/mol. The lowest BCUT2D eigenvalue weighted by Crippen LogP contribution is -1.92. The zero-order chi connectivity index (χ0) is 9.03. The minimum atomic E-state index is -3.90. The minimum Gasteiger partial charge on any atom is -0.404 e. The van der Waals surface area contributed by atoms with Crippen LogP contribution in [0.2, 0.25) is 0 Å².